The number of hydrogen-bond acceptors (Lipinski definition) is 1. The van der Waals surface area contributed by atoms with Gasteiger partial charge in [0.05, 0.1) is 0 Å². The van der Waals surface area contributed by atoms with Crippen LogP contribution in [0.25, 0.3) is 5.57 Å². The first-order valence-corrected chi connectivity index (χ1v) is 7.29. The summed E-state index contributed by atoms with van der Waals surface area (Å²) < 4.78 is 0. The van der Waals surface area contributed by atoms with Crippen LogP contribution in [0.1, 0.15) is 41.4 Å². The van der Waals surface area contributed by atoms with Crippen molar-refractivity contribution in [1.29, 1.82) is 0 Å². The lowest BCUT2D eigenvalue weighted by Gasteiger charge is -2.09. The van der Waals surface area contributed by atoms with Crippen LogP contribution in [-0.2, 0) is 12.8 Å². The van der Waals surface area contributed by atoms with Crippen LogP contribution in [0.3, 0.4) is 0 Å². The zero-order valence-corrected chi connectivity index (χ0v) is 12.7. The molecule has 0 unspecified atom stereocenters. The molecule has 20 heavy (non-hydrogen) atoms. The van der Waals surface area contributed by atoms with E-state index in [1.165, 1.54) is 28.7 Å². The smallest absolute Gasteiger partial charge is 0.0378 e. The van der Waals surface area contributed by atoms with E-state index in [-0.39, 0.29) is 0 Å². The second kappa shape index (κ2) is 6.51. The average Bonchev–Trinajstić information content (AvgIpc) is 2.38. The minimum absolute atomic E-state index is 0.889. The molecule has 2 aromatic rings. The molecule has 0 spiro atoms. The van der Waals surface area contributed by atoms with Gasteiger partial charge in [-0.15, -0.1) is 0 Å². The summed E-state index contributed by atoms with van der Waals surface area (Å²) in [5, 5.41) is 0. The van der Waals surface area contributed by atoms with E-state index in [2.05, 4.69) is 54.9 Å². The van der Waals surface area contributed by atoms with Gasteiger partial charge in [-0.3, -0.25) is 4.98 Å². The van der Waals surface area contributed by atoms with Gasteiger partial charge in [-0.25, -0.2) is 0 Å². The van der Waals surface area contributed by atoms with Crippen LogP contribution in [0.5, 0.6) is 0 Å². The minimum atomic E-state index is 0.889. The molecule has 1 aromatic heterocycles. The molecular formula is C19H23N. The van der Waals surface area contributed by atoms with Gasteiger partial charge in [0.2, 0.25) is 0 Å². The summed E-state index contributed by atoms with van der Waals surface area (Å²) >= 11 is 0. The van der Waals surface area contributed by atoms with Crippen molar-refractivity contribution < 1.29 is 0 Å². The predicted molar refractivity (Wildman–Crippen MR) is 86.9 cm³/mol. The highest BCUT2D eigenvalue weighted by Crippen LogP contribution is 2.20. The number of hydrogen-bond donors (Lipinski definition) is 0. The van der Waals surface area contributed by atoms with Crippen molar-refractivity contribution >= 4 is 5.57 Å². The van der Waals surface area contributed by atoms with Crippen molar-refractivity contribution in [2.45, 2.75) is 40.0 Å². The van der Waals surface area contributed by atoms with Crippen LogP contribution < -0.4 is 0 Å². The van der Waals surface area contributed by atoms with Gasteiger partial charge >= 0.3 is 0 Å². The van der Waals surface area contributed by atoms with Gasteiger partial charge in [0, 0.05) is 11.4 Å². The fraction of sp³-hybridized carbons (Fsp3) is 0.316. The maximum atomic E-state index is 4.42. The highest BCUT2D eigenvalue weighted by molar-refractivity contribution is 5.66. The monoisotopic (exact) mass is 265 g/mol. The van der Waals surface area contributed by atoms with E-state index in [9.17, 15) is 0 Å². The molecular weight excluding hydrogens is 242 g/mol. The summed E-state index contributed by atoms with van der Waals surface area (Å²) in [6.45, 7) is 10.6. The summed E-state index contributed by atoms with van der Waals surface area (Å²) in [6.07, 6.45) is 3.20. The zero-order valence-electron chi connectivity index (χ0n) is 12.7. The molecule has 0 radical (unpaired) electrons. The lowest BCUT2D eigenvalue weighted by Crippen LogP contribution is -1.95. The fourth-order valence-electron chi connectivity index (χ4n) is 2.61. The predicted octanol–water partition coefficient (Wildman–Crippen LogP) is 4.91. The van der Waals surface area contributed by atoms with Crippen molar-refractivity contribution in [3.8, 4) is 0 Å². The summed E-state index contributed by atoms with van der Waals surface area (Å²) in [4.78, 5) is 4.42. The van der Waals surface area contributed by atoms with Crippen LogP contribution in [0.15, 0.2) is 43.0 Å². The number of rotatable bonds is 5. The zero-order chi connectivity index (χ0) is 14.5. The van der Waals surface area contributed by atoms with Crippen molar-refractivity contribution in [1.82, 2.24) is 4.98 Å². The van der Waals surface area contributed by atoms with Crippen molar-refractivity contribution in [2.24, 2.45) is 0 Å². The number of nitrogens with zero attached hydrogens (tertiary/aromatic N) is 1. The molecule has 0 aliphatic carbocycles. The average molecular weight is 265 g/mol. The van der Waals surface area contributed by atoms with Crippen LogP contribution in [0.2, 0.25) is 0 Å². The lowest BCUT2D eigenvalue weighted by atomic mass is 9.97. The van der Waals surface area contributed by atoms with E-state index in [1.54, 1.807) is 0 Å². The van der Waals surface area contributed by atoms with Crippen LogP contribution in [0, 0.1) is 13.8 Å². The Labute approximate surface area is 122 Å². The minimum Gasteiger partial charge on any atom is -0.258 e. The molecule has 1 heterocycles. The standard InChI is InChI=1S/C19H23N/c1-5-7-17-8-6-9-19(13-17)14(2)10-18-11-15(3)20-16(4)12-18/h6,8-9,11-13H,2,5,7,10H2,1,3-4H3. The quantitative estimate of drug-likeness (QED) is 0.748. The Bertz CT molecular complexity index is 591. The Hall–Kier alpha value is -1.89. The molecule has 0 N–H and O–H groups in total. The summed E-state index contributed by atoms with van der Waals surface area (Å²) in [5.74, 6) is 0. The maximum absolute atomic E-state index is 4.42. The van der Waals surface area contributed by atoms with E-state index in [0.29, 0.717) is 0 Å². The number of aryl methyl sites for hydroxylation is 3. The van der Waals surface area contributed by atoms with Gasteiger partial charge in [0.15, 0.2) is 0 Å². The van der Waals surface area contributed by atoms with Gasteiger partial charge in [0.1, 0.15) is 0 Å². The van der Waals surface area contributed by atoms with Gasteiger partial charge in [-0.2, -0.15) is 0 Å². The SMILES string of the molecule is C=C(Cc1cc(C)nc(C)c1)c1cccc(CCC)c1. The van der Waals surface area contributed by atoms with Crippen LogP contribution in [-0.4, -0.2) is 4.98 Å². The van der Waals surface area contributed by atoms with E-state index >= 15 is 0 Å². The molecule has 0 atom stereocenters. The normalized spacial score (nSPS) is 10.6. The summed E-state index contributed by atoms with van der Waals surface area (Å²) in [7, 11) is 0. The van der Waals surface area contributed by atoms with Gasteiger partial charge in [0.25, 0.3) is 0 Å². The maximum Gasteiger partial charge on any atom is 0.0378 e. The van der Waals surface area contributed by atoms with Crippen LogP contribution in [0.4, 0.5) is 0 Å². The highest BCUT2D eigenvalue weighted by Gasteiger charge is 2.04. The van der Waals surface area contributed by atoms with E-state index in [4.69, 9.17) is 0 Å². The van der Waals surface area contributed by atoms with Gasteiger partial charge in [-0.05, 0) is 61.1 Å². The largest absolute Gasteiger partial charge is 0.258 e. The van der Waals surface area contributed by atoms with Gasteiger partial charge < -0.3 is 0 Å². The number of pyridine rings is 1. The Balaban J connectivity index is 2.17. The Morgan fingerprint density at radius 2 is 1.75 bits per heavy atom. The number of aromatic nitrogens is 1. The lowest BCUT2D eigenvalue weighted by molar-refractivity contribution is 0.921. The second-order valence-corrected chi connectivity index (χ2v) is 5.49. The Morgan fingerprint density at radius 1 is 1.05 bits per heavy atom. The molecule has 1 aromatic carbocycles. The molecule has 1 nitrogen and oxygen atoms in total. The van der Waals surface area contributed by atoms with Crippen molar-refractivity contribution in [2.75, 3.05) is 0 Å². The molecule has 2 rings (SSSR count). The Morgan fingerprint density at radius 3 is 2.40 bits per heavy atom. The van der Waals surface area contributed by atoms with Crippen LogP contribution >= 0.6 is 0 Å². The van der Waals surface area contributed by atoms with E-state index in [1.807, 2.05) is 13.8 Å². The molecule has 0 bridgehead atoms. The topological polar surface area (TPSA) is 12.9 Å². The number of benzene rings is 1. The molecule has 0 aliphatic heterocycles. The number of allylic oxidation sites excluding steroid dienone is 1. The molecule has 0 fully saturated rings. The van der Waals surface area contributed by atoms with Gasteiger partial charge in [-0.1, -0.05) is 44.2 Å². The molecule has 0 saturated heterocycles. The highest BCUT2D eigenvalue weighted by atomic mass is 14.7. The molecule has 0 saturated carbocycles. The third-order valence-corrected chi connectivity index (χ3v) is 3.43. The van der Waals surface area contributed by atoms with E-state index in [0.717, 1.165) is 24.2 Å². The molecule has 0 aliphatic rings. The fourth-order valence-corrected chi connectivity index (χ4v) is 2.61. The molecule has 1 heteroatoms. The molecule has 104 valence electrons. The first kappa shape index (κ1) is 14.5. The summed E-state index contributed by atoms with van der Waals surface area (Å²) in [5.41, 5.74) is 7.27. The Kier molecular flexibility index (Phi) is 4.73. The third-order valence-electron chi connectivity index (χ3n) is 3.43. The van der Waals surface area contributed by atoms with E-state index < -0.39 is 0 Å². The first-order chi connectivity index (χ1) is 9.58. The first-order valence-electron chi connectivity index (χ1n) is 7.29. The second-order valence-electron chi connectivity index (χ2n) is 5.49. The van der Waals surface area contributed by atoms with Crippen molar-refractivity contribution in [3.63, 3.8) is 0 Å². The summed E-state index contributed by atoms with van der Waals surface area (Å²) in [6, 6.07) is 13.0. The van der Waals surface area contributed by atoms with Crippen molar-refractivity contribution in [3.05, 3.63) is 71.1 Å². The third kappa shape index (κ3) is 3.80. The molecule has 0 amide bonds.